The predicted octanol–water partition coefficient (Wildman–Crippen LogP) is 3.72. The average Bonchev–Trinajstić information content (AvgIpc) is 2.32. The van der Waals surface area contributed by atoms with Crippen molar-refractivity contribution in [1.82, 2.24) is 0 Å². The molecule has 15 heavy (non-hydrogen) atoms. The first-order valence-corrected chi connectivity index (χ1v) is 6.36. The van der Waals surface area contributed by atoms with Crippen LogP contribution in [-0.4, -0.2) is 13.2 Å². The van der Waals surface area contributed by atoms with Crippen molar-refractivity contribution in [2.45, 2.75) is 38.5 Å². The molecular formula is C14H22O. The van der Waals surface area contributed by atoms with Gasteiger partial charge in [-0.25, -0.2) is 0 Å². The summed E-state index contributed by atoms with van der Waals surface area (Å²) in [5.41, 5.74) is 0. The van der Waals surface area contributed by atoms with Gasteiger partial charge in [0.15, 0.2) is 0 Å². The molecule has 2 rings (SSSR count). The first-order chi connectivity index (χ1) is 7.45. The summed E-state index contributed by atoms with van der Waals surface area (Å²) < 4.78 is 5.81. The number of allylic oxidation sites excluding steroid dienone is 2. The van der Waals surface area contributed by atoms with Gasteiger partial charge >= 0.3 is 0 Å². The normalized spacial score (nSPS) is 30.7. The van der Waals surface area contributed by atoms with E-state index in [4.69, 9.17) is 4.74 Å². The van der Waals surface area contributed by atoms with Crippen molar-refractivity contribution >= 4 is 0 Å². The number of ether oxygens (including phenoxy) is 1. The van der Waals surface area contributed by atoms with Crippen LogP contribution in [0.3, 0.4) is 0 Å². The standard InChI is InChI=1S/C14H22O/c1-3-7-13(8-4-1)11-15-12-14-9-5-2-6-10-14/h3,5,7,9,13-14H,1-2,4,6,8,10-12H2. The van der Waals surface area contributed by atoms with Crippen molar-refractivity contribution in [3.63, 3.8) is 0 Å². The third kappa shape index (κ3) is 3.83. The summed E-state index contributed by atoms with van der Waals surface area (Å²) in [6, 6.07) is 0. The van der Waals surface area contributed by atoms with Crippen molar-refractivity contribution in [3.05, 3.63) is 24.3 Å². The second-order valence-electron chi connectivity index (χ2n) is 4.78. The smallest absolute Gasteiger partial charge is 0.0529 e. The highest BCUT2D eigenvalue weighted by Gasteiger charge is 2.11. The van der Waals surface area contributed by atoms with E-state index >= 15 is 0 Å². The van der Waals surface area contributed by atoms with E-state index < -0.39 is 0 Å². The van der Waals surface area contributed by atoms with Crippen LogP contribution in [0.25, 0.3) is 0 Å². The predicted molar refractivity (Wildman–Crippen MR) is 63.8 cm³/mol. The Bertz CT molecular complexity index is 205. The monoisotopic (exact) mass is 206 g/mol. The molecule has 0 fully saturated rings. The maximum atomic E-state index is 5.81. The van der Waals surface area contributed by atoms with Crippen LogP contribution >= 0.6 is 0 Å². The van der Waals surface area contributed by atoms with E-state index in [0.29, 0.717) is 11.8 Å². The van der Waals surface area contributed by atoms with Crippen molar-refractivity contribution in [2.24, 2.45) is 11.8 Å². The topological polar surface area (TPSA) is 9.23 Å². The summed E-state index contributed by atoms with van der Waals surface area (Å²) in [5, 5.41) is 0. The van der Waals surface area contributed by atoms with Crippen molar-refractivity contribution < 1.29 is 4.74 Å². The van der Waals surface area contributed by atoms with Gasteiger partial charge < -0.3 is 4.74 Å². The molecule has 1 heteroatoms. The van der Waals surface area contributed by atoms with Crippen molar-refractivity contribution in [2.75, 3.05) is 13.2 Å². The summed E-state index contributed by atoms with van der Waals surface area (Å²) >= 11 is 0. The van der Waals surface area contributed by atoms with Crippen LogP contribution in [0.1, 0.15) is 38.5 Å². The molecule has 0 bridgehead atoms. The fourth-order valence-corrected chi connectivity index (χ4v) is 2.41. The lowest BCUT2D eigenvalue weighted by Gasteiger charge is -2.20. The molecule has 0 aromatic carbocycles. The molecule has 0 aromatic rings. The van der Waals surface area contributed by atoms with Crippen LogP contribution in [0, 0.1) is 11.8 Å². The molecule has 2 aliphatic rings. The molecule has 0 saturated heterocycles. The van der Waals surface area contributed by atoms with Gasteiger partial charge in [-0.3, -0.25) is 0 Å². The SMILES string of the molecule is C1=CC(COCC2C=CCCC2)CCC1. The lowest BCUT2D eigenvalue weighted by atomic mass is 9.96. The lowest BCUT2D eigenvalue weighted by molar-refractivity contribution is 0.0861. The van der Waals surface area contributed by atoms with Crippen LogP contribution < -0.4 is 0 Å². The summed E-state index contributed by atoms with van der Waals surface area (Å²) in [7, 11) is 0. The molecular weight excluding hydrogens is 184 g/mol. The first-order valence-electron chi connectivity index (χ1n) is 6.36. The van der Waals surface area contributed by atoms with E-state index in [9.17, 15) is 0 Å². The quantitative estimate of drug-likeness (QED) is 0.637. The molecule has 84 valence electrons. The van der Waals surface area contributed by atoms with Gasteiger partial charge in [0.25, 0.3) is 0 Å². The van der Waals surface area contributed by atoms with Gasteiger partial charge in [-0.2, -0.15) is 0 Å². The van der Waals surface area contributed by atoms with Crippen molar-refractivity contribution in [1.29, 1.82) is 0 Å². The van der Waals surface area contributed by atoms with Gasteiger partial charge in [-0.1, -0.05) is 24.3 Å². The van der Waals surface area contributed by atoms with E-state index in [0.717, 1.165) is 13.2 Å². The highest BCUT2D eigenvalue weighted by Crippen LogP contribution is 2.20. The molecule has 2 atom stereocenters. The highest BCUT2D eigenvalue weighted by atomic mass is 16.5. The van der Waals surface area contributed by atoms with Gasteiger partial charge in [-0.15, -0.1) is 0 Å². The average molecular weight is 206 g/mol. The second kappa shape index (κ2) is 6.12. The maximum absolute atomic E-state index is 5.81. The second-order valence-corrected chi connectivity index (χ2v) is 4.78. The van der Waals surface area contributed by atoms with Crippen LogP contribution in [0.4, 0.5) is 0 Å². The fraction of sp³-hybridized carbons (Fsp3) is 0.714. The minimum Gasteiger partial charge on any atom is -0.380 e. The zero-order chi connectivity index (χ0) is 10.3. The summed E-state index contributed by atoms with van der Waals surface area (Å²) in [6.45, 7) is 1.86. The Hall–Kier alpha value is -0.560. The summed E-state index contributed by atoms with van der Waals surface area (Å²) in [5.74, 6) is 1.37. The maximum Gasteiger partial charge on any atom is 0.0529 e. The number of hydrogen-bond donors (Lipinski definition) is 0. The van der Waals surface area contributed by atoms with E-state index in [2.05, 4.69) is 24.3 Å². The van der Waals surface area contributed by atoms with E-state index in [1.54, 1.807) is 0 Å². The Morgan fingerprint density at radius 2 is 1.40 bits per heavy atom. The molecule has 0 saturated carbocycles. The minimum absolute atomic E-state index is 0.686. The third-order valence-corrected chi connectivity index (χ3v) is 3.37. The molecule has 0 heterocycles. The molecule has 1 nitrogen and oxygen atoms in total. The van der Waals surface area contributed by atoms with Gasteiger partial charge in [-0.05, 0) is 38.5 Å². The Balaban J connectivity index is 1.61. The highest BCUT2D eigenvalue weighted by molar-refractivity contribution is 4.94. The largest absolute Gasteiger partial charge is 0.380 e. The van der Waals surface area contributed by atoms with E-state index in [1.807, 2.05) is 0 Å². The number of hydrogen-bond acceptors (Lipinski definition) is 1. The van der Waals surface area contributed by atoms with Crippen LogP contribution in [0.15, 0.2) is 24.3 Å². The third-order valence-electron chi connectivity index (χ3n) is 3.37. The number of rotatable bonds is 4. The van der Waals surface area contributed by atoms with Gasteiger partial charge in [0.05, 0.1) is 13.2 Å². The Morgan fingerprint density at radius 3 is 1.80 bits per heavy atom. The van der Waals surface area contributed by atoms with Gasteiger partial charge in [0, 0.05) is 11.8 Å². The molecule has 2 unspecified atom stereocenters. The summed E-state index contributed by atoms with van der Waals surface area (Å²) in [6.07, 6.45) is 17.1. The molecule has 0 radical (unpaired) electrons. The molecule has 2 aliphatic carbocycles. The minimum atomic E-state index is 0.686. The van der Waals surface area contributed by atoms with Crippen LogP contribution in [0.2, 0.25) is 0 Å². The molecule has 0 aliphatic heterocycles. The summed E-state index contributed by atoms with van der Waals surface area (Å²) in [4.78, 5) is 0. The Kier molecular flexibility index (Phi) is 4.46. The molecule has 0 spiro atoms. The Morgan fingerprint density at radius 1 is 0.867 bits per heavy atom. The molecule has 0 aromatic heterocycles. The van der Waals surface area contributed by atoms with Crippen LogP contribution in [-0.2, 0) is 4.74 Å². The molecule has 0 N–H and O–H groups in total. The zero-order valence-corrected chi connectivity index (χ0v) is 9.53. The van der Waals surface area contributed by atoms with Crippen LogP contribution in [0.5, 0.6) is 0 Å². The zero-order valence-electron chi connectivity index (χ0n) is 9.53. The van der Waals surface area contributed by atoms with Gasteiger partial charge in [0.2, 0.25) is 0 Å². The fourth-order valence-electron chi connectivity index (χ4n) is 2.41. The first kappa shape index (κ1) is 10.9. The van der Waals surface area contributed by atoms with Gasteiger partial charge in [0.1, 0.15) is 0 Å². The lowest BCUT2D eigenvalue weighted by Crippen LogP contribution is -2.15. The van der Waals surface area contributed by atoms with Crippen molar-refractivity contribution in [3.8, 4) is 0 Å². The van der Waals surface area contributed by atoms with E-state index in [-0.39, 0.29) is 0 Å². The van der Waals surface area contributed by atoms with E-state index in [1.165, 1.54) is 38.5 Å². The Labute approximate surface area is 93.2 Å². The molecule has 0 amide bonds.